The molecule has 0 unspecified atom stereocenters. The summed E-state index contributed by atoms with van der Waals surface area (Å²) in [5.74, 6) is 0.791. The lowest BCUT2D eigenvalue weighted by Gasteiger charge is -2.13. The Morgan fingerprint density at radius 2 is 2.25 bits per heavy atom. The second-order valence-corrected chi connectivity index (χ2v) is 4.00. The number of allylic oxidation sites excluding steroid dienone is 1. The highest BCUT2D eigenvalue weighted by molar-refractivity contribution is 5.38. The van der Waals surface area contributed by atoms with Crippen LogP contribution in [0.1, 0.15) is 37.0 Å². The molecule has 1 N–H and O–H groups in total. The summed E-state index contributed by atoms with van der Waals surface area (Å²) in [6.45, 7) is 8.10. The highest BCUT2D eigenvalue weighted by atomic mass is 16.5. The highest BCUT2D eigenvalue weighted by Crippen LogP contribution is 2.26. The van der Waals surface area contributed by atoms with E-state index in [-0.39, 0.29) is 0 Å². The molecule has 0 aliphatic heterocycles. The third-order valence-corrected chi connectivity index (χ3v) is 2.43. The van der Waals surface area contributed by atoms with E-state index in [2.05, 4.69) is 6.58 Å². The van der Waals surface area contributed by atoms with Crippen LogP contribution in [-0.4, -0.2) is 11.7 Å². The Kier molecular flexibility index (Phi) is 5.06. The van der Waals surface area contributed by atoms with E-state index in [1.807, 2.05) is 31.2 Å². The van der Waals surface area contributed by atoms with Crippen LogP contribution >= 0.6 is 0 Å². The maximum absolute atomic E-state index is 9.60. The van der Waals surface area contributed by atoms with Gasteiger partial charge in [0.1, 0.15) is 5.75 Å². The molecule has 88 valence electrons. The van der Waals surface area contributed by atoms with E-state index < -0.39 is 6.10 Å². The lowest BCUT2D eigenvalue weighted by molar-refractivity contribution is 0.191. The van der Waals surface area contributed by atoms with Gasteiger partial charge in [-0.1, -0.05) is 18.2 Å². The number of rotatable bonds is 6. The van der Waals surface area contributed by atoms with Gasteiger partial charge in [0.2, 0.25) is 0 Å². The first-order chi connectivity index (χ1) is 7.65. The first-order valence-electron chi connectivity index (χ1n) is 5.67. The molecular formula is C14H20O2. The third kappa shape index (κ3) is 3.70. The van der Waals surface area contributed by atoms with Gasteiger partial charge in [0.05, 0.1) is 12.7 Å². The largest absolute Gasteiger partial charge is 0.493 e. The lowest BCUT2D eigenvalue weighted by atomic mass is 10.1. The van der Waals surface area contributed by atoms with E-state index in [0.717, 1.165) is 29.7 Å². The molecule has 1 atom stereocenters. The predicted molar refractivity (Wildman–Crippen MR) is 66.7 cm³/mol. The molecule has 16 heavy (non-hydrogen) atoms. The maximum atomic E-state index is 9.60. The zero-order chi connectivity index (χ0) is 12.0. The number of unbranched alkanes of at least 4 members (excludes halogenated alkanes) is 1. The molecule has 0 heterocycles. The van der Waals surface area contributed by atoms with Gasteiger partial charge < -0.3 is 9.84 Å². The number of hydrogen-bond acceptors (Lipinski definition) is 2. The maximum Gasteiger partial charge on any atom is 0.125 e. The quantitative estimate of drug-likeness (QED) is 0.588. The van der Waals surface area contributed by atoms with Crippen molar-refractivity contribution < 1.29 is 9.84 Å². The van der Waals surface area contributed by atoms with Crippen molar-refractivity contribution in [3.05, 3.63) is 42.0 Å². The van der Waals surface area contributed by atoms with Crippen LogP contribution in [0.3, 0.4) is 0 Å². The number of hydrogen-bond donors (Lipinski definition) is 1. The number of aryl methyl sites for hydroxylation is 1. The molecule has 0 aliphatic carbocycles. The van der Waals surface area contributed by atoms with E-state index in [1.54, 1.807) is 6.92 Å². The Balaban J connectivity index is 2.68. The molecule has 0 aliphatic rings. The van der Waals surface area contributed by atoms with Crippen LogP contribution in [0.2, 0.25) is 0 Å². The molecule has 1 aromatic rings. The van der Waals surface area contributed by atoms with Crippen molar-refractivity contribution in [2.24, 2.45) is 0 Å². The van der Waals surface area contributed by atoms with Crippen molar-refractivity contribution in [1.29, 1.82) is 0 Å². The fourth-order valence-electron chi connectivity index (χ4n) is 1.52. The lowest BCUT2D eigenvalue weighted by Crippen LogP contribution is -2.02. The van der Waals surface area contributed by atoms with Crippen LogP contribution in [0.5, 0.6) is 5.75 Å². The molecule has 1 aromatic carbocycles. The van der Waals surface area contributed by atoms with E-state index in [0.29, 0.717) is 6.61 Å². The smallest absolute Gasteiger partial charge is 0.125 e. The van der Waals surface area contributed by atoms with Gasteiger partial charge in [0.15, 0.2) is 0 Å². The summed E-state index contributed by atoms with van der Waals surface area (Å²) in [6, 6.07) is 5.87. The van der Waals surface area contributed by atoms with Crippen molar-refractivity contribution in [1.82, 2.24) is 0 Å². The van der Waals surface area contributed by atoms with Gasteiger partial charge in [-0.05, 0) is 38.3 Å². The van der Waals surface area contributed by atoms with Crippen LogP contribution in [-0.2, 0) is 0 Å². The zero-order valence-electron chi connectivity index (χ0n) is 10.1. The summed E-state index contributed by atoms with van der Waals surface area (Å²) in [7, 11) is 0. The van der Waals surface area contributed by atoms with Gasteiger partial charge in [-0.2, -0.15) is 0 Å². The molecule has 2 nitrogen and oxygen atoms in total. The van der Waals surface area contributed by atoms with Crippen LogP contribution in [0.4, 0.5) is 0 Å². The van der Waals surface area contributed by atoms with Gasteiger partial charge in [-0.15, -0.1) is 6.58 Å². The minimum Gasteiger partial charge on any atom is -0.493 e. The van der Waals surface area contributed by atoms with Crippen molar-refractivity contribution in [3.63, 3.8) is 0 Å². The Hall–Kier alpha value is -1.28. The van der Waals surface area contributed by atoms with Gasteiger partial charge in [0.25, 0.3) is 0 Å². The fourth-order valence-corrected chi connectivity index (χ4v) is 1.52. The van der Waals surface area contributed by atoms with Gasteiger partial charge >= 0.3 is 0 Å². The van der Waals surface area contributed by atoms with E-state index in [9.17, 15) is 5.11 Å². The Morgan fingerprint density at radius 1 is 1.50 bits per heavy atom. The zero-order valence-corrected chi connectivity index (χ0v) is 10.1. The predicted octanol–water partition coefficient (Wildman–Crippen LogP) is 3.39. The summed E-state index contributed by atoms with van der Waals surface area (Å²) in [6.07, 6.45) is 3.30. The van der Waals surface area contributed by atoms with Gasteiger partial charge in [-0.3, -0.25) is 0 Å². The van der Waals surface area contributed by atoms with E-state index >= 15 is 0 Å². The minimum atomic E-state index is -0.491. The molecule has 0 aromatic heterocycles. The SMILES string of the molecule is C=CCCCOc1cc(C)ccc1[C@@H](C)O. The second kappa shape index (κ2) is 6.33. The molecule has 0 spiro atoms. The van der Waals surface area contributed by atoms with E-state index in [1.165, 1.54) is 0 Å². The average molecular weight is 220 g/mol. The first kappa shape index (κ1) is 12.8. The number of aliphatic hydroxyl groups is 1. The molecule has 0 amide bonds. The number of benzene rings is 1. The van der Waals surface area contributed by atoms with Crippen LogP contribution in [0, 0.1) is 6.92 Å². The standard InChI is InChI=1S/C14H20O2/c1-4-5-6-9-16-14-10-11(2)7-8-13(14)12(3)15/h4,7-8,10,12,15H,1,5-6,9H2,2-3H3/t12-/m1/s1. The van der Waals surface area contributed by atoms with Crippen LogP contribution in [0.25, 0.3) is 0 Å². The summed E-state index contributed by atoms with van der Waals surface area (Å²) < 4.78 is 5.67. The molecule has 0 saturated heterocycles. The Morgan fingerprint density at radius 3 is 2.88 bits per heavy atom. The molecule has 0 bridgehead atoms. The van der Waals surface area contributed by atoms with Crippen LogP contribution < -0.4 is 4.74 Å². The molecule has 2 heteroatoms. The molecule has 1 rings (SSSR count). The summed E-state index contributed by atoms with van der Waals surface area (Å²) >= 11 is 0. The average Bonchev–Trinajstić information content (AvgIpc) is 2.24. The Labute approximate surface area is 97.6 Å². The van der Waals surface area contributed by atoms with Gasteiger partial charge in [-0.25, -0.2) is 0 Å². The van der Waals surface area contributed by atoms with Crippen molar-refractivity contribution >= 4 is 0 Å². The summed E-state index contributed by atoms with van der Waals surface area (Å²) in [5.41, 5.74) is 1.99. The van der Waals surface area contributed by atoms with Gasteiger partial charge in [0, 0.05) is 5.56 Å². The van der Waals surface area contributed by atoms with Crippen molar-refractivity contribution in [2.45, 2.75) is 32.8 Å². The summed E-state index contributed by atoms with van der Waals surface area (Å²) in [4.78, 5) is 0. The number of ether oxygens (including phenoxy) is 1. The third-order valence-electron chi connectivity index (χ3n) is 2.43. The number of aliphatic hydroxyl groups excluding tert-OH is 1. The molecule has 0 fully saturated rings. The monoisotopic (exact) mass is 220 g/mol. The minimum absolute atomic E-state index is 0.491. The molecular weight excluding hydrogens is 200 g/mol. The van der Waals surface area contributed by atoms with Crippen molar-refractivity contribution in [3.8, 4) is 5.75 Å². The first-order valence-corrected chi connectivity index (χ1v) is 5.67. The molecule has 0 saturated carbocycles. The van der Waals surface area contributed by atoms with Crippen LogP contribution in [0.15, 0.2) is 30.9 Å². The highest BCUT2D eigenvalue weighted by Gasteiger charge is 2.08. The molecule has 0 radical (unpaired) electrons. The second-order valence-electron chi connectivity index (χ2n) is 4.00. The fraction of sp³-hybridized carbons (Fsp3) is 0.429. The van der Waals surface area contributed by atoms with E-state index in [4.69, 9.17) is 4.74 Å². The Bertz CT molecular complexity index is 343. The van der Waals surface area contributed by atoms with Crippen molar-refractivity contribution in [2.75, 3.05) is 6.61 Å². The normalized spacial score (nSPS) is 12.2. The summed E-state index contributed by atoms with van der Waals surface area (Å²) in [5, 5.41) is 9.60. The topological polar surface area (TPSA) is 29.5 Å².